The lowest BCUT2D eigenvalue weighted by atomic mass is 9.47. The molecule has 0 fully saturated rings. The Hall–Kier alpha value is -7.24. The maximum absolute atomic E-state index is 7.51. The molecule has 0 unspecified atom stereocenters. The van der Waals surface area contributed by atoms with Crippen LogP contribution in [0.5, 0.6) is 0 Å². The minimum Gasteiger partial charge on any atom is -0.466 e. The number of anilines is 6. The smallest absolute Gasteiger partial charge is 0.375 e. The molecule has 0 atom stereocenters. The summed E-state index contributed by atoms with van der Waals surface area (Å²) < 4.78 is 10.2. The van der Waals surface area contributed by atoms with Crippen LogP contribution in [0.25, 0.3) is 55.0 Å². The summed E-state index contributed by atoms with van der Waals surface area (Å²) in [5.41, 5.74) is 22.3. The molecule has 2 aromatic heterocycles. The Morgan fingerprint density at radius 1 is 0.465 bits per heavy atom. The van der Waals surface area contributed by atoms with Gasteiger partial charge in [0.05, 0.1) is 11.4 Å². The molecule has 10 aromatic rings. The number of nitrogens with zero attached hydrogens (tertiary/aromatic N) is 3. The lowest BCUT2D eigenvalue weighted by molar-refractivity contribution is 0.589. The van der Waals surface area contributed by atoms with Gasteiger partial charge in [-0.25, -0.2) is 0 Å². The largest absolute Gasteiger partial charge is 0.466 e. The minimum absolute atomic E-state index is 0.00650. The van der Waals surface area contributed by atoms with E-state index in [1.165, 1.54) is 77.5 Å². The Morgan fingerprint density at radius 3 is 1.61 bits per heavy atom. The molecule has 4 nitrogen and oxygen atoms in total. The lowest BCUT2D eigenvalue weighted by Gasteiger charge is -2.40. The van der Waals surface area contributed by atoms with Crippen LogP contribution >= 0.6 is 0 Å². The Morgan fingerprint density at radius 2 is 1.01 bits per heavy atom. The van der Waals surface area contributed by atoms with Crippen LogP contribution in [0.2, 0.25) is 0 Å². The number of furan rings is 1. The van der Waals surface area contributed by atoms with Crippen molar-refractivity contribution in [3.63, 3.8) is 0 Å². The number of aromatic nitrogens is 1. The zero-order valence-electron chi connectivity index (χ0n) is 43.5. The number of rotatable bonds is 5. The summed E-state index contributed by atoms with van der Waals surface area (Å²) in [6, 6.07) is 63.9. The third kappa shape index (κ3) is 7.17. The van der Waals surface area contributed by atoms with Gasteiger partial charge >= 0.3 is 6.85 Å². The molecular formula is C66H64BN3O. The molecule has 0 N–H and O–H groups in total. The van der Waals surface area contributed by atoms with Crippen molar-refractivity contribution in [1.82, 2.24) is 4.48 Å². The van der Waals surface area contributed by atoms with Gasteiger partial charge in [0.2, 0.25) is 0 Å². The third-order valence-electron chi connectivity index (χ3n) is 15.4. The highest BCUT2D eigenvalue weighted by Gasteiger charge is 2.47. The molecule has 0 spiro atoms. The van der Waals surface area contributed by atoms with Crippen molar-refractivity contribution in [3.05, 3.63) is 192 Å². The molecule has 0 amide bonds. The molecule has 0 saturated heterocycles. The van der Waals surface area contributed by atoms with E-state index in [0.29, 0.717) is 0 Å². The normalized spacial score (nSPS) is 13.6. The molecule has 2 aliphatic heterocycles. The molecular weight excluding hydrogens is 862 g/mol. The van der Waals surface area contributed by atoms with Gasteiger partial charge in [-0.15, -0.1) is 0 Å². The maximum atomic E-state index is 7.51. The van der Waals surface area contributed by atoms with Crippen LogP contribution in [0.1, 0.15) is 105 Å². The van der Waals surface area contributed by atoms with E-state index >= 15 is 0 Å². The van der Waals surface area contributed by atoms with Crippen molar-refractivity contribution in [2.75, 3.05) is 9.80 Å². The summed E-state index contributed by atoms with van der Waals surface area (Å²) in [5.74, 6) is 0. The highest BCUT2D eigenvalue weighted by Crippen LogP contribution is 2.52. The van der Waals surface area contributed by atoms with Crippen LogP contribution < -0.4 is 20.9 Å². The molecule has 12 rings (SSSR count). The first-order valence-corrected chi connectivity index (χ1v) is 25.5. The Kier molecular flexibility index (Phi) is 9.89. The van der Waals surface area contributed by atoms with Gasteiger partial charge in [-0.3, -0.25) is 0 Å². The zero-order chi connectivity index (χ0) is 49.5. The van der Waals surface area contributed by atoms with Crippen LogP contribution in [0.15, 0.2) is 174 Å². The van der Waals surface area contributed by atoms with E-state index in [-0.39, 0.29) is 28.5 Å². The number of hydrogen-bond donors (Lipinski definition) is 0. The average molecular weight is 926 g/mol. The van der Waals surface area contributed by atoms with Gasteiger partial charge in [0, 0.05) is 55.5 Å². The van der Waals surface area contributed by atoms with Gasteiger partial charge in [-0.1, -0.05) is 174 Å². The van der Waals surface area contributed by atoms with E-state index in [9.17, 15) is 0 Å². The van der Waals surface area contributed by atoms with Crippen molar-refractivity contribution in [2.45, 2.75) is 105 Å². The molecule has 8 aromatic carbocycles. The van der Waals surface area contributed by atoms with E-state index in [2.05, 4.69) is 267 Å². The van der Waals surface area contributed by atoms with Crippen LogP contribution in [-0.4, -0.2) is 11.3 Å². The number of para-hydroxylation sites is 2. The van der Waals surface area contributed by atoms with Crippen molar-refractivity contribution < 1.29 is 4.42 Å². The molecule has 0 bridgehead atoms. The van der Waals surface area contributed by atoms with E-state index in [4.69, 9.17) is 4.42 Å². The Labute approximate surface area is 420 Å². The first kappa shape index (κ1) is 44.9. The predicted octanol–water partition coefficient (Wildman–Crippen LogP) is 17.3. The predicted molar refractivity (Wildman–Crippen MR) is 305 cm³/mol. The molecule has 2 aliphatic rings. The summed E-state index contributed by atoms with van der Waals surface area (Å²) in [6.45, 7) is 27.6. The quantitative estimate of drug-likeness (QED) is 0.161. The molecule has 0 saturated carbocycles. The van der Waals surface area contributed by atoms with Crippen LogP contribution in [-0.2, 0) is 21.7 Å². The van der Waals surface area contributed by atoms with Gasteiger partial charge in [0.15, 0.2) is 0 Å². The number of hydrogen-bond acceptors (Lipinski definition) is 3. The summed E-state index contributed by atoms with van der Waals surface area (Å²) in [4.78, 5) is 4.99. The van der Waals surface area contributed by atoms with Gasteiger partial charge in [-0.05, 0) is 145 Å². The first-order valence-electron chi connectivity index (χ1n) is 25.5. The molecule has 0 aliphatic carbocycles. The third-order valence-corrected chi connectivity index (χ3v) is 15.4. The van der Waals surface area contributed by atoms with Gasteiger partial charge in [0.25, 0.3) is 0 Å². The standard InChI is InChI=1S/C66H64BN3O/c1-63(2,3)43-29-26-41(27-30-43)42-28-35-57-52(36-42)61-62(71-57)67-59-50(37-46(66(10,11)12)40-56(59)69(61)49-33-31-44(32-34-49)64(4,5)6)51-38-45(65(7,8)9)39-53-58-54(24-19-25-55(58)70(67)60(51)53)68(47-20-15-13-16-21-47)48-22-17-14-18-23-48/h13-40H,1-12H3. The monoisotopic (exact) mass is 926 g/mol. The average Bonchev–Trinajstić information content (AvgIpc) is 3.89. The molecule has 5 heteroatoms. The van der Waals surface area contributed by atoms with E-state index in [0.717, 1.165) is 45.1 Å². The highest BCUT2D eigenvalue weighted by molar-refractivity contribution is 6.89. The fourth-order valence-corrected chi connectivity index (χ4v) is 11.4. The van der Waals surface area contributed by atoms with Crippen molar-refractivity contribution in [1.29, 1.82) is 0 Å². The second-order valence-corrected chi connectivity index (χ2v) is 24.3. The van der Waals surface area contributed by atoms with Crippen molar-refractivity contribution >= 4 is 84.9 Å². The molecule has 4 heterocycles. The Balaban J connectivity index is 1.22. The van der Waals surface area contributed by atoms with Crippen LogP contribution in [0, 0.1) is 0 Å². The van der Waals surface area contributed by atoms with E-state index in [1.54, 1.807) is 0 Å². The second-order valence-electron chi connectivity index (χ2n) is 24.3. The number of benzene rings is 8. The highest BCUT2D eigenvalue weighted by atomic mass is 16.3. The van der Waals surface area contributed by atoms with Crippen LogP contribution in [0.3, 0.4) is 0 Å². The number of fused-ring (bicyclic) bond motifs is 9. The second kappa shape index (κ2) is 15.6. The van der Waals surface area contributed by atoms with E-state index in [1.807, 2.05) is 0 Å². The SMILES string of the molecule is CC(C)(C)c1ccc(-c2ccc3oc4c(c3c2)N(c2ccc(C(C)(C)C)cc2)c2cc(C(C)(C)C)cc3c2B4n2c4cccc(N(c5ccccc5)c5ccccc5)c4c4cc(C(C)(C)C)cc-3c42)cc1. The summed E-state index contributed by atoms with van der Waals surface area (Å²) in [5, 5.41) is 3.58. The molecule has 0 radical (unpaired) electrons. The van der Waals surface area contributed by atoms with Gasteiger partial charge in [0.1, 0.15) is 11.2 Å². The topological polar surface area (TPSA) is 24.6 Å². The van der Waals surface area contributed by atoms with Crippen molar-refractivity contribution in [3.8, 4) is 22.3 Å². The fraction of sp³-hybridized carbons (Fsp3) is 0.242. The Bertz CT molecular complexity index is 3680. The molecule has 352 valence electrons. The summed E-state index contributed by atoms with van der Waals surface area (Å²) >= 11 is 0. The lowest BCUT2D eigenvalue weighted by Crippen LogP contribution is -2.56. The zero-order valence-corrected chi connectivity index (χ0v) is 43.5. The van der Waals surface area contributed by atoms with E-state index < -0.39 is 0 Å². The first-order chi connectivity index (χ1) is 33.8. The summed E-state index contributed by atoms with van der Waals surface area (Å²) in [7, 11) is 0. The van der Waals surface area contributed by atoms with Crippen molar-refractivity contribution in [2.24, 2.45) is 0 Å². The minimum atomic E-state index is -0.263. The maximum Gasteiger partial charge on any atom is 0.375 e. The molecule has 71 heavy (non-hydrogen) atoms. The van der Waals surface area contributed by atoms with Crippen LogP contribution in [0.4, 0.5) is 34.1 Å². The van der Waals surface area contributed by atoms with Gasteiger partial charge in [-0.2, -0.15) is 0 Å². The fourth-order valence-electron chi connectivity index (χ4n) is 11.4. The van der Waals surface area contributed by atoms with Gasteiger partial charge < -0.3 is 18.7 Å². The summed E-state index contributed by atoms with van der Waals surface area (Å²) in [6.07, 6.45) is 0.